The van der Waals surface area contributed by atoms with Gasteiger partial charge in [0.25, 0.3) is 0 Å². The molecule has 0 radical (unpaired) electrons. The summed E-state index contributed by atoms with van der Waals surface area (Å²) in [5.74, 6) is -1.27. The minimum absolute atomic E-state index is 0.154. The molecule has 2 N–H and O–H groups in total. The van der Waals surface area contributed by atoms with Gasteiger partial charge in [-0.05, 0) is 31.0 Å². The Hall–Kier alpha value is -1.49. The second-order valence-electron chi connectivity index (χ2n) is 4.61. The Morgan fingerprint density at radius 1 is 1.39 bits per heavy atom. The normalized spacial score (nSPS) is 19.3. The number of benzene rings is 1. The van der Waals surface area contributed by atoms with E-state index in [2.05, 4.69) is 0 Å². The molecule has 1 aliphatic heterocycles. The highest BCUT2D eigenvalue weighted by Crippen LogP contribution is 2.18. The first-order valence-electron chi connectivity index (χ1n) is 6.02. The van der Waals surface area contributed by atoms with Gasteiger partial charge in [-0.25, -0.2) is 8.78 Å². The Bertz CT molecular complexity index is 430. The third-order valence-electron chi connectivity index (χ3n) is 3.36. The molecule has 18 heavy (non-hydrogen) atoms. The van der Waals surface area contributed by atoms with Gasteiger partial charge in [-0.3, -0.25) is 4.79 Å². The van der Waals surface area contributed by atoms with Crippen molar-refractivity contribution in [1.29, 1.82) is 0 Å². The molecule has 1 aliphatic rings. The fourth-order valence-electron chi connectivity index (χ4n) is 2.22. The molecule has 2 rings (SSSR count). The molecule has 0 aromatic heterocycles. The first kappa shape index (κ1) is 13.0. The number of hydrogen-bond acceptors (Lipinski definition) is 2. The van der Waals surface area contributed by atoms with Gasteiger partial charge in [-0.1, -0.05) is 6.07 Å². The number of nitrogens with zero attached hydrogens (tertiary/aromatic N) is 1. The average molecular weight is 254 g/mol. The number of carbonyl (C=O) groups excluding carboxylic acids is 1. The number of halogens is 2. The van der Waals surface area contributed by atoms with Gasteiger partial charge < -0.3 is 10.6 Å². The van der Waals surface area contributed by atoms with Crippen molar-refractivity contribution < 1.29 is 13.6 Å². The second-order valence-corrected chi connectivity index (χ2v) is 4.61. The number of amides is 1. The van der Waals surface area contributed by atoms with E-state index in [1.807, 2.05) is 0 Å². The summed E-state index contributed by atoms with van der Waals surface area (Å²) in [7, 11) is 0. The van der Waals surface area contributed by atoms with E-state index in [-0.39, 0.29) is 17.9 Å². The Kier molecular flexibility index (Phi) is 3.91. The molecule has 5 heteroatoms. The summed E-state index contributed by atoms with van der Waals surface area (Å²) in [5.41, 5.74) is 5.39. The number of carbonyl (C=O) groups is 1. The maximum atomic E-state index is 13.4. The van der Waals surface area contributed by atoms with Crippen molar-refractivity contribution in [3.05, 3.63) is 35.4 Å². The average Bonchev–Trinajstić information content (AvgIpc) is 2.82. The van der Waals surface area contributed by atoms with E-state index in [1.165, 1.54) is 18.2 Å². The van der Waals surface area contributed by atoms with Crippen molar-refractivity contribution in [2.75, 3.05) is 19.6 Å². The summed E-state index contributed by atoms with van der Waals surface area (Å²) < 4.78 is 26.8. The summed E-state index contributed by atoms with van der Waals surface area (Å²) in [4.78, 5) is 13.6. The molecule has 1 aromatic carbocycles. The molecule has 1 heterocycles. The predicted molar refractivity (Wildman–Crippen MR) is 63.8 cm³/mol. The number of nitrogens with two attached hydrogens (primary N) is 1. The molecule has 0 saturated carbocycles. The van der Waals surface area contributed by atoms with E-state index in [0.717, 1.165) is 6.42 Å². The van der Waals surface area contributed by atoms with Crippen LogP contribution in [0, 0.1) is 17.6 Å². The topological polar surface area (TPSA) is 46.3 Å². The van der Waals surface area contributed by atoms with E-state index in [4.69, 9.17) is 5.73 Å². The maximum absolute atomic E-state index is 13.4. The Morgan fingerprint density at radius 2 is 2.06 bits per heavy atom. The molecular weight excluding hydrogens is 238 g/mol. The molecule has 98 valence electrons. The van der Waals surface area contributed by atoms with Gasteiger partial charge in [0.1, 0.15) is 11.6 Å². The highest BCUT2D eigenvalue weighted by Gasteiger charge is 2.26. The molecule has 0 spiro atoms. The Balaban J connectivity index is 2.04. The van der Waals surface area contributed by atoms with Crippen LogP contribution in [0.3, 0.4) is 0 Å². The highest BCUT2D eigenvalue weighted by atomic mass is 19.1. The van der Waals surface area contributed by atoms with Crippen molar-refractivity contribution in [3.63, 3.8) is 0 Å². The minimum atomic E-state index is -0.669. The van der Waals surface area contributed by atoms with Crippen LogP contribution in [0.4, 0.5) is 8.78 Å². The predicted octanol–water partition coefficient (Wildman–Crippen LogP) is 1.31. The third-order valence-corrected chi connectivity index (χ3v) is 3.36. The largest absolute Gasteiger partial charge is 0.342 e. The fraction of sp³-hybridized carbons (Fsp3) is 0.462. The van der Waals surface area contributed by atoms with Gasteiger partial charge in [0.05, 0.1) is 6.42 Å². The molecule has 3 nitrogen and oxygen atoms in total. The van der Waals surface area contributed by atoms with Crippen LogP contribution < -0.4 is 5.73 Å². The summed E-state index contributed by atoms with van der Waals surface area (Å²) >= 11 is 0. The second kappa shape index (κ2) is 5.44. The lowest BCUT2D eigenvalue weighted by molar-refractivity contribution is -0.129. The third kappa shape index (κ3) is 2.67. The van der Waals surface area contributed by atoms with Gasteiger partial charge >= 0.3 is 0 Å². The first-order valence-corrected chi connectivity index (χ1v) is 6.02. The zero-order valence-electron chi connectivity index (χ0n) is 10.0. The Labute approximate surface area is 105 Å². The highest BCUT2D eigenvalue weighted by molar-refractivity contribution is 5.79. The van der Waals surface area contributed by atoms with Crippen molar-refractivity contribution in [3.8, 4) is 0 Å². The van der Waals surface area contributed by atoms with Crippen molar-refractivity contribution in [2.45, 2.75) is 12.8 Å². The van der Waals surface area contributed by atoms with Crippen LogP contribution in [-0.2, 0) is 11.2 Å². The van der Waals surface area contributed by atoms with E-state index in [1.54, 1.807) is 4.90 Å². The monoisotopic (exact) mass is 254 g/mol. The van der Waals surface area contributed by atoms with Gasteiger partial charge in [-0.2, -0.15) is 0 Å². The zero-order valence-corrected chi connectivity index (χ0v) is 10.0. The molecule has 0 bridgehead atoms. The van der Waals surface area contributed by atoms with E-state index in [0.29, 0.717) is 25.6 Å². The lowest BCUT2D eigenvalue weighted by Crippen LogP contribution is -2.31. The Morgan fingerprint density at radius 3 is 2.61 bits per heavy atom. The van der Waals surface area contributed by atoms with Crippen LogP contribution in [0.25, 0.3) is 0 Å². The van der Waals surface area contributed by atoms with Crippen LogP contribution in [-0.4, -0.2) is 30.4 Å². The fourth-order valence-corrected chi connectivity index (χ4v) is 2.22. The minimum Gasteiger partial charge on any atom is -0.342 e. The van der Waals surface area contributed by atoms with Crippen LogP contribution in [0.1, 0.15) is 12.0 Å². The molecule has 0 aliphatic carbocycles. The van der Waals surface area contributed by atoms with Crippen LogP contribution >= 0.6 is 0 Å². The maximum Gasteiger partial charge on any atom is 0.227 e. The molecular formula is C13H16F2N2O. The lowest BCUT2D eigenvalue weighted by Gasteiger charge is -2.16. The SMILES string of the molecule is NC[C@H]1CCN(C(=O)Cc2c(F)cccc2F)C1. The van der Waals surface area contributed by atoms with Gasteiger partial charge in [0.2, 0.25) is 5.91 Å². The molecule has 1 aromatic rings. The van der Waals surface area contributed by atoms with Crippen molar-refractivity contribution in [2.24, 2.45) is 11.7 Å². The summed E-state index contributed by atoms with van der Waals surface area (Å²) in [6, 6.07) is 3.62. The van der Waals surface area contributed by atoms with Crippen molar-refractivity contribution in [1.82, 2.24) is 4.90 Å². The zero-order chi connectivity index (χ0) is 13.1. The summed E-state index contributed by atoms with van der Waals surface area (Å²) in [6.07, 6.45) is 0.637. The summed E-state index contributed by atoms with van der Waals surface area (Å²) in [6.45, 7) is 1.75. The van der Waals surface area contributed by atoms with Gasteiger partial charge in [0.15, 0.2) is 0 Å². The van der Waals surface area contributed by atoms with Crippen LogP contribution in [0.2, 0.25) is 0 Å². The van der Waals surface area contributed by atoms with Crippen LogP contribution in [0.5, 0.6) is 0 Å². The van der Waals surface area contributed by atoms with E-state index >= 15 is 0 Å². The molecule has 1 atom stereocenters. The summed E-state index contributed by atoms with van der Waals surface area (Å²) in [5, 5.41) is 0. The molecule has 1 amide bonds. The van der Waals surface area contributed by atoms with Crippen LogP contribution in [0.15, 0.2) is 18.2 Å². The quantitative estimate of drug-likeness (QED) is 0.884. The van der Waals surface area contributed by atoms with Crippen molar-refractivity contribution >= 4 is 5.91 Å². The van der Waals surface area contributed by atoms with Gasteiger partial charge in [-0.15, -0.1) is 0 Å². The molecule has 1 fully saturated rings. The number of hydrogen-bond donors (Lipinski definition) is 1. The lowest BCUT2D eigenvalue weighted by atomic mass is 10.1. The van der Waals surface area contributed by atoms with E-state index < -0.39 is 11.6 Å². The number of likely N-dealkylation sites (tertiary alicyclic amines) is 1. The molecule has 1 saturated heterocycles. The smallest absolute Gasteiger partial charge is 0.227 e. The van der Waals surface area contributed by atoms with E-state index in [9.17, 15) is 13.6 Å². The first-order chi connectivity index (χ1) is 8.61. The molecule has 0 unspecified atom stereocenters. The standard InChI is InChI=1S/C13H16F2N2O/c14-11-2-1-3-12(15)10(11)6-13(18)17-5-4-9(7-16)8-17/h1-3,9H,4-8,16H2/t9-/m1/s1. The number of rotatable bonds is 3. The van der Waals surface area contributed by atoms with Gasteiger partial charge in [0, 0.05) is 18.7 Å².